The molecule has 0 fully saturated rings. The van der Waals surface area contributed by atoms with Gasteiger partial charge < -0.3 is 14.8 Å². The van der Waals surface area contributed by atoms with Gasteiger partial charge >= 0.3 is 6.36 Å². The minimum absolute atomic E-state index is 0.128. The van der Waals surface area contributed by atoms with Crippen LogP contribution >= 0.6 is 0 Å². The minimum atomic E-state index is -5.28. The molecule has 0 unspecified atom stereocenters. The van der Waals surface area contributed by atoms with Crippen LogP contribution in [0.25, 0.3) is 5.65 Å². The summed E-state index contributed by atoms with van der Waals surface area (Å²) in [6.45, 7) is 4.68. The molecular formula is C20H19F5N6O3. The summed E-state index contributed by atoms with van der Waals surface area (Å²) in [5.74, 6) is -4.37. The Morgan fingerprint density at radius 2 is 2.06 bits per heavy atom. The Labute approximate surface area is 193 Å². The van der Waals surface area contributed by atoms with Crippen LogP contribution in [0.15, 0.2) is 29.5 Å². The van der Waals surface area contributed by atoms with Gasteiger partial charge in [0.1, 0.15) is 5.82 Å². The Balaban J connectivity index is 1.74. The number of aromatic nitrogens is 3. The summed E-state index contributed by atoms with van der Waals surface area (Å²) in [6, 6.07) is -0.157. The van der Waals surface area contributed by atoms with Gasteiger partial charge in [-0.2, -0.15) is 5.10 Å². The number of aliphatic imine (C=N–C) groups is 1. The first-order chi connectivity index (χ1) is 17.0. The second-order valence-electron chi connectivity index (χ2n) is 7.71. The summed E-state index contributed by atoms with van der Waals surface area (Å²) in [5.41, 5.74) is 1.82. The predicted octanol–water partition coefficient (Wildman–Crippen LogP) is 4.11. The van der Waals surface area contributed by atoms with Gasteiger partial charge in [-0.3, -0.25) is 0 Å². The molecule has 1 aromatic carbocycles. The lowest BCUT2D eigenvalue weighted by molar-refractivity contribution is -0.275. The van der Waals surface area contributed by atoms with Crippen molar-refractivity contribution < 1.29 is 40.4 Å². The van der Waals surface area contributed by atoms with Crippen LogP contribution in [0.1, 0.15) is 42.1 Å². The smallest absolute Gasteiger partial charge is 0.492 e. The maximum Gasteiger partial charge on any atom is 0.573 e. The lowest BCUT2D eigenvalue weighted by Gasteiger charge is -2.21. The van der Waals surface area contributed by atoms with Crippen molar-refractivity contribution in [2.75, 3.05) is 12.4 Å². The lowest BCUT2D eigenvalue weighted by Crippen LogP contribution is -2.23. The Morgan fingerprint density at radius 1 is 1.29 bits per heavy atom. The number of amidine groups is 1. The fraction of sp³-hybridized carbons (Fsp3) is 0.350. The lowest BCUT2D eigenvalue weighted by atomic mass is 10.1. The second kappa shape index (κ2) is 8.27. The van der Waals surface area contributed by atoms with E-state index in [0.717, 1.165) is 16.8 Å². The molecule has 0 amide bonds. The number of hydroxylamine groups is 1. The molecule has 0 spiro atoms. The highest BCUT2D eigenvalue weighted by molar-refractivity contribution is 6.03. The van der Waals surface area contributed by atoms with Gasteiger partial charge in [-0.1, -0.05) is 0 Å². The largest absolute Gasteiger partial charge is 0.573 e. The highest BCUT2D eigenvalue weighted by atomic mass is 19.4. The van der Waals surface area contributed by atoms with E-state index in [4.69, 9.17) is 13.7 Å². The zero-order valence-corrected chi connectivity index (χ0v) is 17.8. The third-order valence-electron chi connectivity index (χ3n) is 4.68. The van der Waals surface area contributed by atoms with Crippen molar-refractivity contribution in [3.8, 4) is 11.5 Å². The first-order valence-electron chi connectivity index (χ1n) is 11.1. The van der Waals surface area contributed by atoms with Crippen molar-refractivity contribution in [1.82, 2.24) is 20.1 Å². The number of nitrogens with one attached hydrogen (secondary N) is 2. The van der Waals surface area contributed by atoms with E-state index < -0.39 is 59.7 Å². The third kappa shape index (κ3) is 4.66. The van der Waals surface area contributed by atoms with E-state index in [1.165, 1.54) is 13.1 Å². The normalized spacial score (nSPS) is 17.9. The van der Waals surface area contributed by atoms with Crippen LogP contribution in [0.2, 0.25) is 0 Å². The monoisotopic (exact) mass is 489 g/mol. The van der Waals surface area contributed by atoms with Crippen LogP contribution in [0, 0.1) is 11.6 Å². The van der Waals surface area contributed by atoms with Crippen molar-refractivity contribution in [1.29, 1.82) is 0 Å². The molecule has 2 N–H and O–H groups in total. The van der Waals surface area contributed by atoms with Crippen molar-refractivity contribution in [2.24, 2.45) is 4.99 Å². The molecule has 0 aliphatic carbocycles. The van der Waals surface area contributed by atoms with Gasteiger partial charge in [0.2, 0.25) is 0 Å². The van der Waals surface area contributed by atoms with Crippen molar-refractivity contribution in [2.45, 2.75) is 38.9 Å². The molecule has 4 rings (SSSR count). The number of hydrogen-bond acceptors (Lipinski definition) is 8. The molecule has 3 heterocycles. The Bertz CT molecular complexity index is 1380. The Hall–Kier alpha value is -3.68. The number of fused-ring (bicyclic) bond motifs is 1. The zero-order chi connectivity index (χ0) is 27.3. The van der Waals surface area contributed by atoms with E-state index in [2.05, 4.69) is 30.6 Å². The maximum atomic E-state index is 14.8. The number of benzene rings is 1. The van der Waals surface area contributed by atoms with Gasteiger partial charge in [0.25, 0.3) is 0 Å². The van der Waals surface area contributed by atoms with Gasteiger partial charge in [0.05, 0.1) is 35.1 Å². The topological polar surface area (TPSA) is 94.3 Å². The molecule has 34 heavy (non-hydrogen) atoms. The van der Waals surface area contributed by atoms with E-state index in [1.807, 2.05) is 0 Å². The average molecular weight is 489 g/mol. The molecular weight excluding hydrogens is 467 g/mol. The predicted molar refractivity (Wildman–Crippen MR) is 109 cm³/mol. The molecule has 1 aliphatic heterocycles. The summed E-state index contributed by atoms with van der Waals surface area (Å²) in [5, 5.41) is 6.62. The second-order valence-corrected chi connectivity index (χ2v) is 7.71. The summed E-state index contributed by atoms with van der Waals surface area (Å²) in [7, 11) is -3.21. The van der Waals surface area contributed by atoms with Crippen LogP contribution in [0.5, 0.6) is 11.5 Å². The van der Waals surface area contributed by atoms with E-state index in [0.29, 0.717) is 11.6 Å². The van der Waals surface area contributed by atoms with Gasteiger partial charge in [-0.15, -0.1) is 13.2 Å². The highest BCUT2D eigenvalue weighted by Gasteiger charge is 2.34. The summed E-state index contributed by atoms with van der Waals surface area (Å²) in [6.07, 6.45) is -2.94. The van der Waals surface area contributed by atoms with Gasteiger partial charge in [0, 0.05) is 11.6 Å². The van der Waals surface area contributed by atoms with Crippen LogP contribution in [-0.4, -0.2) is 39.6 Å². The molecule has 9 nitrogen and oxygen atoms in total. The van der Waals surface area contributed by atoms with Crippen molar-refractivity contribution in [3.63, 3.8) is 0 Å². The highest BCUT2D eigenvalue weighted by Crippen LogP contribution is 2.39. The number of methoxy groups -OCH3 is 1. The molecule has 0 bridgehead atoms. The molecule has 2 aromatic heterocycles. The fourth-order valence-corrected chi connectivity index (χ4v) is 3.26. The number of alkyl halides is 3. The minimum Gasteiger partial charge on any atom is -0.492 e. The standard InChI is InChI=1S/C20H19F5N6O3/c1-9(11-5-10(21)6-14(15(11)32-4)33-20(23,24)25)27-17-13(22)8-31-18(28-17)12(7-26-31)16-29-19(2,3)34-30-16/h5-9H,1-4H3,(H,27,28)(H,29,30)/t9-/m1/s1/i4D3. The number of ether oxygens (including phenoxy) is 2. The van der Waals surface area contributed by atoms with Gasteiger partial charge in [0.15, 0.2) is 40.3 Å². The Kier molecular flexibility index (Phi) is 4.81. The molecule has 182 valence electrons. The molecule has 0 radical (unpaired) electrons. The number of rotatable bonds is 6. The zero-order valence-electron chi connectivity index (χ0n) is 20.8. The first kappa shape index (κ1) is 19.8. The summed E-state index contributed by atoms with van der Waals surface area (Å²) >= 11 is 0. The molecule has 3 aromatic rings. The number of hydrogen-bond donors (Lipinski definition) is 2. The Morgan fingerprint density at radius 3 is 2.71 bits per heavy atom. The molecule has 14 heteroatoms. The molecule has 1 aliphatic rings. The van der Waals surface area contributed by atoms with Crippen LogP contribution < -0.4 is 20.3 Å². The van der Waals surface area contributed by atoms with Crippen LogP contribution in [0.4, 0.5) is 27.8 Å². The number of nitrogens with zero attached hydrogens (tertiary/aromatic N) is 4. The quantitative estimate of drug-likeness (QED) is 0.504. The fourth-order valence-electron chi connectivity index (χ4n) is 3.26. The third-order valence-corrected chi connectivity index (χ3v) is 4.68. The van der Waals surface area contributed by atoms with Gasteiger partial charge in [-0.25, -0.2) is 33.6 Å². The SMILES string of the molecule is [2H]C([2H])([2H])Oc1c(OC(F)(F)F)cc(F)cc1[C@@H](C)Nc1nc2c(C3=NC(C)(C)ON3)cnn2cc1F. The summed E-state index contributed by atoms with van der Waals surface area (Å²) in [4.78, 5) is 13.8. The molecule has 0 saturated carbocycles. The van der Waals surface area contributed by atoms with Crippen molar-refractivity contribution >= 4 is 17.3 Å². The maximum absolute atomic E-state index is 14.8. The number of anilines is 1. The van der Waals surface area contributed by atoms with E-state index in [1.54, 1.807) is 13.8 Å². The van der Waals surface area contributed by atoms with Gasteiger partial charge in [-0.05, 0) is 26.8 Å². The summed E-state index contributed by atoms with van der Waals surface area (Å²) < 4.78 is 99.3. The van der Waals surface area contributed by atoms with Crippen LogP contribution in [-0.2, 0) is 4.84 Å². The van der Waals surface area contributed by atoms with E-state index in [-0.39, 0.29) is 11.5 Å². The average Bonchev–Trinajstić information content (AvgIpc) is 3.30. The molecule has 0 saturated heterocycles. The number of halogens is 5. The van der Waals surface area contributed by atoms with Crippen LogP contribution in [0.3, 0.4) is 0 Å². The molecule has 1 atom stereocenters. The van der Waals surface area contributed by atoms with E-state index >= 15 is 0 Å². The van der Waals surface area contributed by atoms with E-state index in [9.17, 15) is 22.0 Å². The van der Waals surface area contributed by atoms with Crippen molar-refractivity contribution in [3.05, 3.63) is 47.3 Å². The first-order valence-corrected chi connectivity index (χ1v) is 9.64.